The molecule has 298 valence electrons. The van der Waals surface area contributed by atoms with E-state index in [-0.39, 0.29) is 25.7 Å². The first-order valence-corrected chi connectivity index (χ1v) is 22.3. The molecular formula is C42H79N2O6P. The zero-order valence-electron chi connectivity index (χ0n) is 32.8. The fourth-order valence-corrected chi connectivity index (χ4v) is 6.45. The van der Waals surface area contributed by atoms with Crippen LogP contribution in [0, 0.1) is 0 Å². The molecule has 3 atom stereocenters. The molecule has 0 aromatic heterocycles. The number of nitrogens with two attached hydrogens (primary N) is 1. The lowest BCUT2D eigenvalue weighted by Crippen LogP contribution is -2.45. The Balaban J connectivity index is 4.35. The fourth-order valence-electron chi connectivity index (χ4n) is 5.69. The first kappa shape index (κ1) is 49.5. The van der Waals surface area contributed by atoms with Crippen molar-refractivity contribution in [1.29, 1.82) is 0 Å². The van der Waals surface area contributed by atoms with Crippen LogP contribution in [-0.2, 0) is 18.4 Å². The summed E-state index contributed by atoms with van der Waals surface area (Å²) in [5.41, 5.74) is 5.36. The van der Waals surface area contributed by atoms with E-state index in [0.29, 0.717) is 6.42 Å². The van der Waals surface area contributed by atoms with Gasteiger partial charge in [-0.15, -0.1) is 0 Å². The molecule has 0 aliphatic carbocycles. The number of rotatable bonds is 38. The number of unbranched alkanes of at least 4 members (excludes halogenated alkanes) is 20. The first-order valence-electron chi connectivity index (χ1n) is 20.8. The number of nitrogens with one attached hydrogen (secondary N) is 1. The summed E-state index contributed by atoms with van der Waals surface area (Å²) in [6.07, 6.45) is 45.9. The molecule has 0 aromatic rings. The quantitative estimate of drug-likeness (QED) is 0.0282. The number of phosphoric acid groups is 1. The minimum Gasteiger partial charge on any atom is -0.387 e. The van der Waals surface area contributed by atoms with Gasteiger partial charge < -0.3 is 21.1 Å². The van der Waals surface area contributed by atoms with Crippen molar-refractivity contribution in [3.8, 4) is 0 Å². The largest absolute Gasteiger partial charge is 0.472 e. The van der Waals surface area contributed by atoms with Gasteiger partial charge in [0.15, 0.2) is 0 Å². The van der Waals surface area contributed by atoms with E-state index in [9.17, 15) is 19.4 Å². The topological polar surface area (TPSA) is 131 Å². The highest BCUT2D eigenvalue weighted by atomic mass is 31.2. The molecule has 51 heavy (non-hydrogen) atoms. The Morgan fingerprint density at radius 2 is 1.04 bits per heavy atom. The predicted molar refractivity (Wildman–Crippen MR) is 217 cm³/mol. The molecule has 1 amide bonds. The van der Waals surface area contributed by atoms with Crippen LogP contribution in [0.1, 0.15) is 181 Å². The zero-order valence-corrected chi connectivity index (χ0v) is 33.7. The van der Waals surface area contributed by atoms with E-state index < -0.39 is 20.0 Å². The van der Waals surface area contributed by atoms with Crippen LogP contribution >= 0.6 is 7.82 Å². The van der Waals surface area contributed by atoms with Gasteiger partial charge in [-0.05, 0) is 70.6 Å². The van der Waals surface area contributed by atoms with Gasteiger partial charge in [0, 0.05) is 13.0 Å². The SMILES string of the molecule is CCCCCC/C=C\CCCCCCCC(=O)NC(COP(=O)(O)OCCN)C(O)/C=C/CC/C=C/CC/C=C/CCCCCCCCCCC. The van der Waals surface area contributed by atoms with Crippen LogP contribution in [0.25, 0.3) is 0 Å². The van der Waals surface area contributed by atoms with Gasteiger partial charge in [0.25, 0.3) is 0 Å². The maximum absolute atomic E-state index is 12.7. The Kier molecular flexibility index (Phi) is 37.0. The molecule has 5 N–H and O–H groups in total. The highest BCUT2D eigenvalue weighted by molar-refractivity contribution is 7.47. The Bertz CT molecular complexity index is 938. The Morgan fingerprint density at radius 1 is 0.627 bits per heavy atom. The van der Waals surface area contributed by atoms with Crippen molar-refractivity contribution in [2.24, 2.45) is 5.73 Å². The number of phosphoric ester groups is 1. The lowest BCUT2D eigenvalue weighted by atomic mass is 10.1. The molecule has 3 unspecified atom stereocenters. The standard InChI is InChI=1S/C42H79N2O6P/c1-3-5-7-9-11-13-15-17-18-19-20-21-22-24-25-27-29-31-33-35-41(45)40(39-50-51(47,48)49-38-37-43)44-42(46)36-34-32-30-28-26-23-16-14-12-10-8-6-4-2/h14,16,20-21,25,27,33,35,40-41,45H,3-13,15,17-19,22-24,26,28-32,34,36-39,43H2,1-2H3,(H,44,46)(H,47,48)/b16-14-,21-20+,27-25+,35-33+. The summed E-state index contributed by atoms with van der Waals surface area (Å²) in [5.74, 6) is -0.220. The van der Waals surface area contributed by atoms with Crippen molar-refractivity contribution in [2.75, 3.05) is 19.8 Å². The van der Waals surface area contributed by atoms with Gasteiger partial charge in [0.05, 0.1) is 25.4 Å². The molecular weight excluding hydrogens is 659 g/mol. The monoisotopic (exact) mass is 739 g/mol. The van der Waals surface area contributed by atoms with Crippen molar-refractivity contribution in [2.45, 2.75) is 193 Å². The summed E-state index contributed by atoms with van der Waals surface area (Å²) in [4.78, 5) is 22.6. The third-order valence-electron chi connectivity index (χ3n) is 8.85. The summed E-state index contributed by atoms with van der Waals surface area (Å²) in [6.45, 7) is 4.07. The second-order valence-electron chi connectivity index (χ2n) is 13.8. The first-order chi connectivity index (χ1) is 24.9. The number of aliphatic hydroxyl groups is 1. The molecule has 0 radical (unpaired) electrons. The lowest BCUT2D eigenvalue weighted by molar-refractivity contribution is -0.123. The fraction of sp³-hybridized carbons (Fsp3) is 0.786. The predicted octanol–water partition coefficient (Wildman–Crippen LogP) is 11.3. The molecule has 9 heteroatoms. The lowest BCUT2D eigenvalue weighted by Gasteiger charge is -2.23. The molecule has 0 aromatic carbocycles. The van der Waals surface area contributed by atoms with Crippen LogP contribution in [-0.4, -0.2) is 47.8 Å². The van der Waals surface area contributed by atoms with Gasteiger partial charge in [-0.3, -0.25) is 13.8 Å². The molecule has 0 aliphatic heterocycles. The number of aliphatic hydroxyl groups excluding tert-OH is 1. The van der Waals surface area contributed by atoms with Crippen molar-refractivity contribution in [3.63, 3.8) is 0 Å². The third kappa shape index (κ3) is 36.6. The summed E-state index contributed by atoms with van der Waals surface area (Å²) >= 11 is 0. The van der Waals surface area contributed by atoms with Crippen LogP contribution < -0.4 is 11.1 Å². The smallest absolute Gasteiger partial charge is 0.387 e. The molecule has 0 rings (SSSR count). The zero-order chi connectivity index (χ0) is 37.5. The van der Waals surface area contributed by atoms with Crippen LogP contribution in [0.2, 0.25) is 0 Å². The molecule has 0 saturated heterocycles. The summed E-state index contributed by atoms with van der Waals surface area (Å²) in [6, 6.07) is -0.887. The highest BCUT2D eigenvalue weighted by Crippen LogP contribution is 2.43. The Hall–Kier alpha value is -1.54. The van der Waals surface area contributed by atoms with Crippen LogP contribution in [0.15, 0.2) is 48.6 Å². The molecule has 0 fully saturated rings. The average Bonchev–Trinajstić information content (AvgIpc) is 3.12. The number of hydrogen-bond acceptors (Lipinski definition) is 6. The van der Waals surface area contributed by atoms with Crippen molar-refractivity contribution < 1.29 is 28.4 Å². The van der Waals surface area contributed by atoms with Crippen molar-refractivity contribution >= 4 is 13.7 Å². The van der Waals surface area contributed by atoms with Crippen LogP contribution in [0.3, 0.4) is 0 Å². The van der Waals surface area contributed by atoms with Gasteiger partial charge in [0.2, 0.25) is 5.91 Å². The van der Waals surface area contributed by atoms with Gasteiger partial charge >= 0.3 is 7.82 Å². The third-order valence-corrected chi connectivity index (χ3v) is 9.84. The average molecular weight is 739 g/mol. The molecule has 0 spiro atoms. The van der Waals surface area contributed by atoms with Crippen LogP contribution in [0.4, 0.5) is 0 Å². The van der Waals surface area contributed by atoms with Gasteiger partial charge in [-0.1, -0.05) is 152 Å². The van der Waals surface area contributed by atoms with E-state index in [2.05, 4.69) is 55.6 Å². The maximum atomic E-state index is 12.7. The van der Waals surface area contributed by atoms with E-state index in [1.54, 1.807) is 6.08 Å². The van der Waals surface area contributed by atoms with Gasteiger partial charge in [-0.25, -0.2) is 4.57 Å². The van der Waals surface area contributed by atoms with Crippen molar-refractivity contribution in [3.05, 3.63) is 48.6 Å². The van der Waals surface area contributed by atoms with E-state index >= 15 is 0 Å². The number of carbonyl (C=O) groups excluding carboxylic acids is 1. The van der Waals surface area contributed by atoms with E-state index in [4.69, 9.17) is 14.8 Å². The van der Waals surface area contributed by atoms with E-state index in [1.807, 2.05) is 6.08 Å². The second-order valence-corrected chi connectivity index (χ2v) is 15.3. The van der Waals surface area contributed by atoms with Crippen LogP contribution in [0.5, 0.6) is 0 Å². The van der Waals surface area contributed by atoms with Gasteiger partial charge in [-0.2, -0.15) is 0 Å². The summed E-state index contributed by atoms with van der Waals surface area (Å²) < 4.78 is 22.1. The number of carbonyl (C=O) groups is 1. The molecule has 8 nitrogen and oxygen atoms in total. The normalized spacial score (nSPS) is 14.7. The number of amides is 1. The number of allylic oxidation sites excluding steroid dienone is 7. The Labute approximate surface area is 313 Å². The second kappa shape index (κ2) is 38.2. The molecule has 0 aliphatic rings. The Morgan fingerprint density at radius 3 is 1.53 bits per heavy atom. The van der Waals surface area contributed by atoms with Crippen molar-refractivity contribution in [1.82, 2.24) is 5.32 Å². The maximum Gasteiger partial charge on any atom is 0.472 e. The minimum absolute atomic E-state index is 0.0693. The molecule has 0 bridgehead atoms. The highest BCUT2D eigenvalue weighted by Gasteiger charge is 2.26. The molecule has 0 saturated carbocycles. The summed E-state index contributed by atoms with van der Waals surface area (Å²) in [5, 5.41) is 13.6. The van der Waals surface area contributed by atoms with Gasteiger partial charge in [0.1, 0.15) is 0 Å². The number of hydrogen-bond donors (Lipinski definition) is 4. The van der Waals surface area contributed by atoms with E-state index in [0.717, 1.165) is 64.2 Å². The summed E-state index contributed by atoms with van der Waals surface area (Å²) in [7, 11) is -4.35. The molecule has 0 heterocycles. The van der Waals surface area contributed by atoms with E-state index in [1.165, 1.54) is 96.3 Å². The minimum atomic E-state index is -4.35.